The molecule has 1 unspecified atom stereocenters. The van der Waals surface area contributed by atoms with Crippen LogP contribution in [0.5, 0.6) is 0 Å². The lowest BCUT2D eigenvalue weighted by Gasteiger charge is -2.18. The molecule has 2 rings (SSSR count). The van der Waals surface area contributed by atoms with Crippen LogP contribution in [0.3, 0.4) is 0 Å². The van der Waals surface area contributed by atoms with E-state index >= 15 is 0 Å². The van der Waals surface area contributed by atoms with E-state index in [-0.39, 0.29) is 11.1 Å². The molecule has 0 heterocycles. The zero-order chi connectivity index (χ0) is 15.4. The molecule has 2 aromatic carbocycles. The van der Waals surface area contributed by atoms with Crippen molar-refractivity contribution in [1.82, 2.24) is 5.43 Å². The van der Waals surface area contributed by atoms with Crippen LogP contribution in [0, 0.1) is 5.82 Å². The number of hydrogen-bond acceptors (Lipinski definition) is 2. The summed E-state index contributed by atoms with van der Waals surface area (Å²) in [5.41, 5.74) is 4.45. The van der Waals surface area contributed by atoms with E-state index in [1.54, 1.807) is 30.3 Å². The molecule has 0 aliphatic carbocycles. The Morgan fingerprint density at radius 3 is 2.24 bits per heavy atom. The predicted molar refractivity (Wildman–Crippen MR) is 86.4 cm³/mol. The summed E-state index contributed by atoms with van der Waals surface area (Å²) in [4.78, 5) is 0. The van der Waals surface area contributed by atoms with Gasteiger partial charge in [0, 0.05) is 16.1 Å². The maximum atomic E-state index is 13.2. The normalized spacial score (nSPS) is 12.4. The largest absolute Gasteiger partial charge is 0.271 e. The Bertz CT molecular complexity index is 614. The smallest absolute Gasteiger partial charge is 0.141 e. The highest BCUT2D eigenvalue weighted by Gasteiger charge is 2.14. The molecule has 3 N–H and O–H groups in total. The summed E-state index contributed by atoms with van der Waals surface area (Å²) in [7, 11) is 0. The molecule has 0 bridgehead atoms. The summed E-state index contributed by atoms with van der Waals surface area (Å²) in [5, 5.41) is 1.29. The Balaban J connectivity index is 2.15. The zero-order valence-electron chi connectivity index (χ0n) is 11.0. The maximum absolute atomic E-state index is 13.2. The predicted octanol–water partition coefficient (Wildman–Crippen LogP) is 4.40. The summed E-state index contributed by atoms with van der Waals surface area (Å²) in [5.74, 6) is 5.16. The minimum Gasteiger partial charge on any atom is -0.271 e. The van der Waals surface area contributed by atoms with Crippen LogP contribution in [0.4, 0.5) is 4.39 Å². The lowest BCUT2D eigenvalue weighted by Crippen LogP contribution is -2.38. The fourth-order valence-corrected chi connectivity index (χ4v) is 2.87. The van der Waals surface area contributed by atoms with Gasteiger partial charge in [0.05, 0.1) is 5.02 Å². The second-order valence-corrected chi connectivity index (χ2v) is 5.94. The van der Waals surface area contributed by atoms with Gasteiger partial charge in [-0.1, -0.05) is 46.9 Å². The van der Waals surface area contributed by atoms with E-state index in [1.165, 1.54) is 6.07 Å². The first-order valence-electron chi connectivity index (χ1n) is 6.34. The third-order valence-corrected chi connectivity index (χ3v) is 4.21. The molecule has 0 spiro atoms. The number of nitrogens with one attached hydrogen (secondary N) is 1. The molecule has 0 aliphatic heterocycles. The second-order valence-electron chi connectivity index (χ2n) is 4.72. The van der Waals surface area contributed by atoms with E-state index in [4.69, 9.17) is 40.6 Å². The summed E-state index contributed by atoms with van der Waals surface area (Å²) in [6.45, 7) is 0. The van der Waals surface area contributed by atoms with Crippen molar-refractivity contribution in [2.24, 2.45) is 5.84 Å². The highest BCUT2D eigenvalue weighted by atomic mass is 35.5. The first-order chi connectivity index (χ1) is 10.0. The average molecular weight is 348 g/mol. The second kappa shape index (κ2) is 7.43. The Morgan fingerprint density at radius 1 is 1.00 bits per heavy atom. The molecule has 0 amide bonds. The van der Waals surface area contributed by atoms with Gasteiger partial charge in [-0.25, -0.2) is 4.39 Å². The molecule has 0 radical (unpaired) electrons. The van der Waals surface area contributed by atoms with Gasteiger partial charge in [0.15, 0.2) is 0 Å². The van der Waals surface area contributed by atoms with Crippen LogP contribution in [-0.2, 0) is 12.8 Å². The number of hydrazine groups is 1. The number of benzene rings is 2. The number of rotatable bonds is 5. The Hall–Kier alpha value is -0.840. The van der Waals surface area contributed by atoms with E-state index in [0.717, 1.165) is 11.1 Å². The van der Waals surface area contributed by atoms with Crippen LogP contribution in [0.15, 0.2) is 36.4 Å². The first-order valence-corrected chi connectivity index (χ1v) is 7.47. The molecule has 0 saturated heterocycles. The van der Waals surface area contributed by atoms with Crippen LogP contribution >= 0.6 is 34.8 Å². The van der Waals surface area contributed by atoms with Crippen molar-refractivity contribution < 1.29 is 4.39 Å². The molecular formula is C15H14Cl3FN2. The van der Waals surface area contributed by atoms with Crippen molar-refractivity contribution in [2.75, 3.05) is 0 Å². The lowest BCUT2D eigenvalue weighted by molar-refractivity contribution is 0.522. The van der Waals surface area contributed by atoms with E-state index in [2.05, 4.69) is 5.43 Å². The van der Waals surface area contributed by atoms with Crippen LogP contribution < -0.4 is 11.3 Å². The van der Waals surface area contributed by atoms with Crippen LogP contribution in [0.1, 0.15) is 11.1 Å². The molecule has 2 aromatic rings. The van der Waals surface area contributed by atoms with Gasteiger partial charge in [-0.3, -0.25) is 11.3 Å². The van der Waals surface area contributed by atoms with Gasteiger partial charge in [-0.2, -0.15) is 0 Å². The fraction of sp³-hybridized carbons (Fsp3) is 0.200. The van der Waals surface area contributed by atoms with Crippen molar-refractivity contribution in [3.05, 3.63) is 68.4 Å². The SMILES string of the molecule is NNC(Cc1ccc(F)c(Cl)c1)Cc1c(Cl)cccc1Cl. The van der Waals surface area contributed by atoms with Crippen molar-refractivity contribution in [3.8, 4) is 0 Å². The van der Waals surface area contributed by atoms with Gasteiger partial charge >= 0.3 is 0 Å². The molecule has 0 fully saturated rings. The van der Waals surface area contributed by atoms with E-state index in [0.29, 0.717) is 22.9 Å². The highest BCUT2D eigenvalue weighted by molar-refractivity contribution is 6.36. The van der Waals surface area contributed by atoms with Crippen LogP contribution in [-0.4, -0.2) is 6.04 Å². The first kappa shape index (κ1) is 16.5. The van der Waals surface area contributed by atoms with Gasteiger partial charge in [0.1, 0.15) is 5.82 Å². The third kappa shape index (κ3) is 4.31. The Kier molecular flexibility index (Phi) is 5.85. The van der Waals surface area contributed by atoms with E-state index < -0.39 is 5.82 Å². The van der Waals surface area contributed by atoms with Crippen molar-refractivity contribution in [3.63, 3.8) is 0 Å². The molecular weight excluding hydrogens is 334 g/mol. The average Bonchev–Trinajstić information content (AvgIpc) is 2.45. The quantitative estimate of drug-likeness (QED) is 0.621. The molecule has 6 heteroatoms. The van der Waals surface area contributed by atoms with Gasteiger partial charge in [0.2, 0.25) is 0 Å². The van der Waals surface area contributed by atoms with Gasteiger partial charge < -0.3 is 0 Å². The van der Waals surface area contributed by atoms with Crippen molar-refractivity contribution >= 4 is 34.8 Å². The molecule has 0 aliphatic rings. The topological polar surface area (TPSA) is 38.0 Å². The minimum absolute atomic E-state index is 0.0936. The minimum atomic E-state index is -0.438. The van der Waals surface area contributed by atoms with E-state index in [1.807, 2.05) is 0 Å². The van der Waals surface area contributed by atoms with Crippen LogP contribution in [0.25, 0.3) is 0 Å². The summed E-state index contributed by atoms with van der Waals surface area (Å²) >= 11 is 18.1. The van der Waals surface area contributed by atoms with Crippen LogP contribution in [0.2, 0.25) is 15.1 Å². The van der Waals surface area contributed by atoms with Gasteiger partial charge in [0.25, 0.3) is 0 Å². The lowest BCUT2D eigenvalue weighted by atomic mass is 9.99. The van der Waals surface area contributed by atoms with Crippen molar-refractivity contribution in [1.29, 1.82) is 0 Å². The third-order valence-electron chi connectivity index (χ3n) is 3.21. The number of halogens is 4. The number of hydrogen-bond donors (Lipinski definition) is 2. The van der Waals surface area contributed by atoms with Crippen molar-refractivity contribution in [2.45, 2.75) is 18.9 Å². The molecule has 0 aromatic heterocycles. The van der Waals surface area contributed by atoms with E-state index in [9.17, 15) is 4.39 Å². The van der Waals surface area contributed by atoms with Gasteiger partial charge in [-0.05, 0) is 48.2 Å². The molecule has 112 valence electrons. The monoisotopic (exact) mass is 346 g/mol. The maximum Gasteiger partial charge on any atom is 0.141 e. The summed E-state index contributed by atoms with van der Waals surface area (Å²) in [6, 6.07) is 9.88. The standard InChI is InChI=1S/C15H14Cl3FN2/c16-12-2-1-3-13(17)11(12)8-10(21-20)6-9-4-5-15(19)14(18)7-9/h1-5,7,10,21H,6,8,20H2. The van der Waals surface area contributed by atoms with Gasteiger partial charge in [-0.15, -0.1) is 0 Å². The zero-order valence-corrected chi connectivity index (χ0v) is 13.3. The number of nitrogens with two attached hydrogens (primary N) is 1. The Morgan fingerprint density at radius 2 is 1.67 bits per heavy atom. The Labute approximate surface area is 138 Å². The molecule has 21 heavy (non-hydrogen) atoms. The molecule has 1 atom stereocenters. The summed E-state index contributed by atoms with van der Waals surface area (Å²) < 4.78 is 13.2. The highest BCUT2D eigenvalue weighted by Crippen LogP contribution is 2.26. The molecule has 0 saturated carbocycles. The molecule has 2 nitrogen and oxygen atoms in total. The summed E-state index contributed by atoms with van der Waals surface area (Å²) in [6.07, 6.45) is 1.14. The fourth-order valence-electron chi connectivity index (χ4n) is 2.11.